The Kier molecular flexibility index (Phi) is 4.74. The van der Waals surface area contributed by atoms with Gasteiger partial charge < -0.3 is 15.0 Å². The van der Waals surface area contributed by atoms with Crippen molar-refractivity contribution in [3.63, 3.8) is 0 Å². The summed E-state index contributed by atoms with van der Waals surface area (Å²) in [6, 6.07) is 4.04. The van der Waals surface area contributed by atoms with Gasteiger partial charge in [0.2, 0.25) is 0 Å². The van der Waals surface area contributed by atoms with E-state index in [0.717, 1.165) is 6.54 Å². The summed E-state index contributed by atoms with van der Waals surface area (Å²) in [5, 5.41) is 3.59. The van der Waals surface area contributed by atoms with Gasteiger partial charge in [0.1, 0.15) is 5.82 Å². The van der Waals surface area contributed by atoms with Crippen molar-refractivity contribution in [2.24, 2.45) is 0 Å². The maximum Gasteiger partial charge on any atom is 0.256 e. The van der Waals surface area contributed by atoms with E-state index in [2.05, 4.69) is 5.32 Å². The molecule has 0 aliphatic carbocycles. The predicted octanol–water partition coefficient (Wildman–Crippen LogP) is 1.54. The monoisotopic (exact) mass is 286 g/mol. The van der Waals surface area contributed by atoms with E-state index in [-0.39, 0.29) is 17.5 Å². The van der Waals surface area contributed by atoms with Crippen LogP contribution in [0, 0.1) is 5.82 Å². The molecule has 1 N–H and O–H groups in total. The first-order valence-electron chi connectivity index (χ1n) is 6.09. The quantitative estimate of drug-likeness (QED) is 0.916. The Morgan fingerprint density at radius 3 is 3.11 bits per heavy atom. The zero-order chi connectivity index (χ0) is 13.8. The Balaban J connectivity index is 2.03. The number of benzene rings is 1. The van der Waals surface area contributed by atoms with E-state index in [1.807, 2.05) is 0 Å². The highest BCUT2D eigenvalue weighted by atomic mass is 35.5. The maximum absolute atomic E-state index is 13.6. The minimum atomic E-state index is -0.561. The first-order chi connectivity index (χ1) is 9.08. The van der Waals surface area contributed by atoms with Crippen LogP contribution in [-0.2, 0) is 4.74 Å². The maximum atomic E-state index is 13.6. The second-order valence-electron chi connectivity index (χ2n) is 4.54. The summed E-state index contributed by atoms with van der Waals surface area (Å²) in [4.78, 5) is 13.6. The van der Waals surface area contributed by atoms with Crippen LogP contribution in [0.15, 0.2) is 18.2 Å². The SMILES string of the molecule is CN(CC1COCCN1)C(=O)c1cc(Cl)ccc1F. The molecule has 1 aliphatic heterocycles. The van der Waals surface area contributed by atoms with Gasteiger partial charge in [-0.25, -0.2) is 4.39 Å². The molecule has 0 aromatic heterocycles. The average molecular weight is 287 g/mol. The second-order valence-corrected chi connectivity index (χ2v) is 4.97. The fraction of sp³-hybridized carbons (Fsp3) is 0.462. The lowest BCUT2D eigenvalue weighted by molar-refractivity contribution is 0.0563. The number of nitrogens with zero attached hydrogens (tertiary/aromatic N) is 1. The van der Waals surface area contributed by atoms with E-state index in [1.54, 1.807) is 7.05 Å². The van der Waals surface area contributed by atoms with Crippen LogP contribution in [0.25, 0.3) is 0 Å². The standard InChI is InChI=1S/C13H16ClFN2O2/c1-17(7-10-8-19-5-4-16-10)13(18)11-6-9(14)2-3-12(11)15/h2-3,6,10,16H,4-5,7-8H2,1H3. The number of likely N-dealkylation sites (N-methyl/N-ethyl adjacent to an activating group) is 1. The number of ether oxygens (including phenoxy) is 1. The van der Waals surface area contributed by atoms with Crippen LogP contribution in [0.5, 0.6) is 0 Å². The number of carbonyl (C=O) groups excluding carboxylic acids is 1. The number of hydrogen-bond donors (Lipinski definition) is 1. The van der Waals surface area contributed by atoms with Gasteiger partial charge in [0.05, 0.1) is 18.8 Å². The molecule has 1 unspecified atom stereocenters. The number of hydrogen-bond acceptors (Lipinski definition) is 3. The van der Waals surface area contributed by atoms with Gasteiger partial charge in [0, 0.05) is 31.2 Å². The van der Waals surface area contributed by atoms with Gasteiger partial charge in [0.25, 0.3) is 5.91 Å². The molecular formula is C13H16ClFN2O2. The van der Waals surface area contributed by atoms with E-state index >= 15 is 0 Å². The number of rotatable bonds is 3. The van der Waals surface area contributed by atoms with Crippen molar-refractivity contribution in [2.75, 3.05) is 33.4 Å². The van der Waals surface area contributed by atoms with E-state index < -0.39 is 5.82 Å². The molecule has 0 spiro atoms. The Labute approximate surface area is 116 Å². The summed E-state index contributed by atoms with van der Waals surface area (Å²) in [5.74, 6) is -0.943. The first kappa shape index (κ1) is 14.2. The summed E-state index contributed by atoms with van der Waals surface area (Å²) < 4.78 is 18.9. The zero-order valence-corrected chi connectivity index (χ0v) is 11.4. The fourth-order valence-electron chi connectivity index (χ4n) is 2.02. The third-order valence-electron chi connectivity index (χ3n) is 3.00. The summed E-state index contributed by atoms with van der Waals surface area (Å²) in [6.07, 6.45) is 0. The largest absolute Gasteiger partial charge is 0.378 e. The van der Waals surface area contributed by atoms with Crippen molar-refractivity contribution >= 4 is 17.5 Å². The predicted molar refractivity (Wildman–Crippen MR) is 71.0 cm³/mol. The molecule has 6 heteroatoms. The minimum absolute atomic E-state index is 0.00766. The first-order valence-corrected chi connectivity index (χ1v) is 6.47. The molecule has 1 saturated heterocycles. The van der Waals surface area contributed by atoms with E-state index in [4.69, 9.17) is 16.3 Å². The van der Waals surface area contributed by atoms with Gasteiger partial charge in [-0.05, 0) is 18.2 Å². The third kappa shape index (κ3) is 3.65. The van der Waals surface area contributed by atoms with Crippen molar-refractivity contribution in [1.82, 2.24) is 10.2 Å². The van der Waals surface area contributed by atoms with Crippen LogP contribution in [0.4, 0.5) is 4.39 Å². The molecule has 1 atom stereocenters. The van der Waals surface area contributed by atoms with Crippen LogP contribution in [0.3, 0.4) is 0 Å². The minimum Gasteiger partial charge on any atom is -0.378 e. The number of amides is 1. The van der Waals surface area contributed by atoms with Gasteiger partial charge >= 0.3 is 0 Å². The van der Waals surface area contributed by atoms with Gasteiger partial charge in [-0.3, -0.25) is 4.79 Å². The molecule has 104 valence electrons. The van der Waals surface area contributed by atoms with Crippen molar-refractivity contribution in [2.45, 2.75) is 6.04 Å². The normalized spacial score (nSPS) is 19.2. The number of carbonyl (C=O) groups is 1. The summed E-state index contributed by atoms with van der Waals surface area (Å²) in [5.41, 5.74) is -0.00766. The smallest absolute Gasteiger partial charge is 0.256 e. The summed E-state index contributed by atoms with van der Waals surface area (Å²) in [6.45, 7) is 2.45. The number of morpholine rings is 1. The average Bonchev–Trinajstić information content (AvgIpc) is 2.42. The Morgan fingerprint density at radius 2 is 2.42 bits per heavy atom. The molecule has 1 amide bonds. The molecule has 1 aromatic rings. The van der Waals surface area contributed by atoms with Crippen molar-refractivity contribution in [3.05, 3.63) is 34.6 Å². The molecular weight excluding hydrogens is 271 g/mol. The van der Waals surface area contributed by atoms with Gasteiger partial charge in [-0.15, -0.1) is 0 Å². The molecule has 1 heterocycles. The zero-order valence-electron chi connectivity index (χ0n) is 10.7. The van der Waals surface area contributed by atoms with E-state index in [9.17, 15) is 9.18 Å². The van der Waals surface area contributed by atoms with Gasteiger partial charge in [-0.2, -0.15) is 0 Å². The van der Waals surface area contributed by atoms with Crippen molar-refractivity contribution in [3.8, 4) is 0 Å². The lowest BCUT2D eigenvalue weighted by Crippen LogP contribution is -2.48. The number of halogens is 2. The van der Waals surface area contributed by atoms with Crippen LogP contribution in [0.2, 0.25) is 5.02 Å². The molecule has 4 nitrogen and oxygen atoms in total. The van der Waals surface area contributed by atoms with Crippen molar-refractivity contribution < 1.29 is 13.9 Å². The molecule has 0 bridgehead atoms. The lowest BCUT2D eigenvalue weighted by Gasteiger charge is -2.28. The van der Waals surface area contributed by atoms with Gasteiger partial charge in [-0.1, -0.05) is 11.6 Å². The van der Waals surface area contributed by atoms with E-state index in [0.29, 0.717) is 24.8 Å². The van der Waals surface area contributed by atoms with Crippen molar-refractivity contribution in [1.29, 1.82) is 0 Å². The molecule has 1 aromatic carbocycles. The third-order valence-corrected chi connectivity index (χ3v) is 3.23. The highest BCUT2D eigenvalue weighted by Gasteiger charge is 2.21. The summed E-state index contributed by atoms with van der Waals surface area (Å²) >= 11 is 5.79. The molecule has 1 aliphatic rings. The van der Waals surface area contributed by atoms with Gasteiger partial charge in [0.15, 0.2) is 0 Å². The molecule has 0 saturated carbocycles. The topological polar surface area (TPSA) is 41.6 Å². The second kappa shape index (κ2) is 6.32. The Hall–Kier alpha value is -1.17. The molecule has 0 radical (unpaired) electrons. The Morgan fingerprint density at radius 1 is 1.63 bits per heavy atom. The van der Waals surface area contributed by atoms with Crippen LogP contribution in [0.1, 0.15) is 10.4 Å². The number of nitrogens with one attached hydrogen (secondary N) is 1. The summed E-state index contributed by atoms with van der Waals surface area (Å²) in [7, 11) is 1.64. The van der Waals surface area contributed by atoms with Crippen LogP contribution >= 0.6 is 11.6 Å². The molecule has 2 rings (SSSR count). The molecule has 19 heavy (non-hydrogen) atoms. The Bertz CT molecular complexity index is 464. The van der Waals surface area contributed by atoms with E-state index in [1.165, 1.54) is 23.1 Å². The highest BCUT2D eigenvalue weighted by molar-refractivity contribution is 6.30. The fourth-order valence-corrected chi connectivity index (χ4v) is 2.19. The highest BCUT2D eigenvalue weighted by Crippen LogP contribution is 2.16. The lowest BCUT2D eigenvalue weighted by atomic mass is 10.1. The molecule has 1 fully saturated rings. The van der Waals surface area contributed by atoms with Crippen LogP contribution in [-0.4, -0.2) is 50.2 Å². The van der Waals surface area contributed by atoms with Crippen LogP contribution < -0.4 is 5.32 Å².